The molecule has 0 saturated carbocycles. The Labute approximate surface area is 192 Å². The summed E-state index contributed by atoms with van der Waals surface area (Å²) in [5.41, 5.74) is 2.43. The topological polar surface area (TPSA) is 66.9 Å². The smallest absolute Gasteiger partial charge is 0.338 e. The number of carbonyl (C=O) groups is 3. The van der Waals surface area contributed by atoms with Gasteiger partial charge in [0.1, 0.15) is 10.6 Å². The fraction of sp³-hybridized carbons (Fsp3) is 0.320. The van der Waals surface area contributed by atoms with Crippen molar-refractivity contribution in [3.8, 4) is 0 Å². The van der Waals surface area contributed by atoms with Crippen LogP contribution in [-0.2, 0) is 14.3 Å². The quantitative estimate of drug-likeness (QED) is 0.476. The van der Waals surface area contributed by atoms with E-state index in [0.29, 0.717) is 21.9 Å². The number of rotatable bonds is 6. The van der Waals surface area contributed by atoms with Gasteiger partial charge in [0.15, 0.2) is 0 Å². The second-order valence-electron chi connectivity index (χ2n) is 8.23. The standard InChI is InChI=1S/C25H26N2O4S/c1-16(2)31-25(30)18-8-10-19(11-9-18)27-23(28)21(26-14-4-5-15-26)22(24(27)29)32-20-12-6-17(3)7-13-20/h6-13,16H,4-5,14-15H2,1-3H3. The van der Waals surface area contributed by atoms with E-state index >= 15 is 0 Å². The van der Waals surface area contributed by atoms with E-state index < -0.39 is 5.97 Å². The predicted octanol–water partition coefficient (Wildman–Crippen LogP) is 4.53. The summed E-state index contributed by atoms with van der Waals surface area (Å²) < 4.78 is 5.22. The van der Waals surface area contributed by atoms with Gasteiger partial charge in [0, 0.05) is 18.0 Å². The first-order valence-corrected chi connectivity index (χ1v) is 11.6. The van der Waals surface area contributed by atoms with E-state index in [0.717, 1.165) is 36.4 Å². The lowest BCUT2D eigenvalue weighted by Crippen LogP contribution is -2.34. The number of anilines is 1. The Balaban J connectivity index is 1.64. The lowest BCUT2D eigenvalue weighted by Gasteiger charge is -2.20. The van der Waals surface area contributed by atoms with Crippen molar-refractivity contribution in [1.82, 2.24) is 4.90 Å². The average Bonchev–Trinajstić information content (AvgIpc) is 3.36. The number of thioether (sulfide) groups is 1. The van der Waals surface area contributed by atoms with Crippen LogP contribution in [0.4, 0.5) is 5.69 Å². The summed E-state index contributed by atoms with van der Waals surface area (Å²) in [7, 11) is 0. The minimum Gasteiger partial charge on any atom is -0.459 e. The van der Waals surface area contributed by atoms with Gasteiger partial charge in [-0.2, -0.15) is 0 Å². The van der Waals surface area contributed by atoms with E-state index in [2.05, 4.69) is 0 Å². The molecule has 6 nitrogen and oxygen atoms in total. The monoisotopic (exact) mass is 450 g/mol. The van der Waals surface area contributed by atoms with E-state index in [1.807, 2.05) is 36.1 Å². The Bertz CT molecular complexity index is 1070. The number of esters is 1. The number of aryl methyl sites for hydroxylation is 1. The molecule has 32 heavy (non-hydrogen) atoms. The summed E-state index contributed by atoms with van der Waals surface area (Å²) in [6, 6.07) is 14.3. The Kier molecular flexibility index (Phi) is 6.37. The van der Waals surface area contributed by atoms with Gasteiger partial charge in [-0.1, -0.05) is 29.5 Å². The second kappa shape index (κ2) is 9.20. The molecule has 2 aromatic rings. The number of carbonyl (C=O) groups excluding carboxylic acids is 3. The highest BCUT2D eigenvalue weighted by atomic mass is 32.2. The van der Waals surface area contributed by atoms with Gasteiger partial charge < -0.3 is 9.64 Å². The Morgan fingerprint density at radius 2 is 1.56 bits per heavy atom. The average molecular weight is 451 g/mol. The molecule has 0 spiro atoms. The van der Waals surface area contributed by atoms with Gasteiger partial charge in [-0.15, -0.1) is 0 Å². The lowest BCUT2D eigenvalue weighted by molar-refractivity contribution is -0.121. The molecule has 0 radical (unpaired) electrons. The van der Waals surface area contributed by atoms with E-state index in [9.17, 15) is 14.4 Å². The zero-order valence-electron chi connectivity index (χ0n) is 18.5. The molecule has 2 aliphatic heterocycles. The third-order valence-electron chi connectivity index (χ3n) is 5.39. The summed E-state index contributed by atoms with van der Waals surface area (Å²) in [6.45, 7) is 7.11. The van der Waals surface area contributed by atoms with Crippen LogP contribution in [0.5, 0.6) is 0 Å². The Hall–Kier alpha value is -3.06. The summed E-state index contributed by atoms with van der Waals surface area (Å²) in [5.74, 6) is -1.08. The van der Waals surface area contributed by atoms with Gasteiger partial charge >= 0.3 is 5.97 Å². The number of hydrogen-bond donors (Lipinski definition) is 0. The van der Waals surface area contributed by atoms with Gasteiger partial charge in [-0.05, 0) is 70.0 Å². The van der Waals surface area contributed by atoms with Crippen molar-refractivity contribution in [1.29, 1.82) is 0 Å². The summed E-state index contributed by atoms with van der Waals surface area (Å²) in [5, 5.41) is 0. The van der Waals surface area contributed by atoms with Crippen LogP contribution in [0.2, 0.25) is 0 Å². The first-order valence-electron chi connectivity index (χ1n) is 10.8. The van der Waals surface area contributed by atoms with Crippen LogP contribution in [0, 0.1) is 6.92 Å². The van der Waals surface area contributed by atoms with Crippen LogP contribution in [0.3, 0.4) is 0 Å². The van der Waals surface area contributed by atoms with Crippen molar-refractivity contribution in [2.24, 2.45) is 0 Å². The minimum atomic E-state index is -0.433. The van der Waals surface area contributed by atoms with Crippen LogP contribution < -0.4 is 4.90 Å². The molecule has 0 aliphatic carbocycles. The molecule has 7 heteroatoms. The van der Waals surface area contributed by atoms with Crippen molar-refractivity contribution in [3.05, 3.63) is 70.3 Å². The number of imide groups is 1. The number of hydrogen-bond acceptors (Lipinski definition) is 6. The SMILES string of the molecule is Cc1ccc(SC2=C(N3CCCC3)C(=O)N(c3ccc(C(=O)OC(C)C)cc3)C2=O)cc1. The van der Waals surface area contributed by atoms with Crippen LogP contribution in [0.25, 0.3) is 0 Å². The Morgan fingerprint density at radius 1 is 0.938 bits per heavy atom. The molecule has 2 aliphatic rings. The maximum Gasteiger partial charge on any atom is 0.338 e. The molecule has 0 N–H and O–H groups in total. The molecular formula is C25H26N2O4S. The molecule has 4 rings (SSSR count). The maximum absolute atomic E-state index is 13.4. The fourth-order valence-corrected chi connectivity index (χ4v) is 4.80. The normalized spacial score (nSPS) is 16.5. The molecule has 2 amide bonds. The molecule has 2 aromatic carbocycles. The summed E-state index contributed by atoms with van der Waals surface area (Å²) in [6.07, 6.45) is 1.78. The number of ether oxygens (including phenoxy) is 1. The maximum atomic E-state index is 13.4. The van der Waals surface area contributed by atoms with Gasteiger partial charge in [0.25, 0.3) is 11.8 Å². The molecule has 0 unspecified atom stereocenters. The molecular weight excluding hydrogens is 424 g/mol. The molecule has 1 fully saturated rings. The molecule has 166 valence electrons. The van der Waals surface area contributed by atoms with Crippen LogP contribution in [-0.4, -0.2) is 41.9 Å². The zero-order valence-corrected chi connectivity index (χ0v) is 19.3. The number of amides is 2. The second-order valence-corrected chi connectivity index (χ2v) is 9.32. The number of likely N-dealkylation sites (tertiary alicyclic amines) is 1. The zero-order chi connectivity index (χ0) is 22.8. The van der Waals surface area contributed by atoms with Crippen molar-refractivity contribution < 1.29 is 19.1 Å². The highest BCUT2D eigenvalue weighted by molar-refractivity contribution is 8.04. The third-order valence-corrected chi connectivity index (χ3v) is 6.47. The molecule has 1 saturated heterocycles. The summed E-state index contributed by atoms with van der Waals surface area (Å²) in [4.78, 5) is 43.6. The fourth-order valence-electron chi connectivity index (χ4n) is 3.80. The molecule has 0 atom stereocenters. The van der Waals surface area contributed by atoms with Crippen molar-refractivity contribution >= 4 is 35.2 Å². The van der Waals surface area contributed by atoms with E-state index in [-0.39, 0.29) is 17.9 Å². The Morgan fingerprint density at radius 3 is 2.16 bits per heavy atom. The van der Waals surface area contributed by atoms with Crippen molar-refractivity contribution in [2.45, 2.75) is 44.6 Å². The van der Waals surface area contributed by atoms with Crippen molar-refractivity contribution in [3.63, 3.8) is 0 Å². The number of benzene rings is 2. The molecule has 0 bridgehead atoms. The van der Waals surface area contributed by atoms with Gasteiger partial charge in [-0.25, -0.2) is 9.69 Å². The van der Waals surface area contributed by atoms with E-state index in [4.69, 9.17) is 4.74 Å². The van der Waals surface area contributed by atoms with E-state index in [1.54, 1.807) is 38.1 Å². The van der Waals surface area contributed by atoms with Crippen LogP contribution in [0.1, 0.15) is 42.6 Å². The van der Waals surface area contributed by atoms with Crippen LogP contribution in [0.15, 0.2) is 64.0 Å². The highest BCUT2D eigenvalue weighted by Crippen LogP contribution is 2.39. The predicted molar refractivity (Wildman–Crippen MR) is 124 cm³/mol. The molecule has 2 heterocycles. The van der Waals surface area contributed by atoms with Crippen molar-refractivity contribution in [2.75, 3.05) is 18.0 Å². The lowest BCUT2D eigenvalue weighted by atomic mass is 10.2. The first-order chi connectivity index (χ1) is 15.3. The highest BCUT2D eigenvalue weighted by Gasteiger charge is 2.43. The number of nitrogens with zero attached hydrogens (tertiary/aromatic N) is 2. The van der Waals surface area contributed by atoms with Gasteiger partial charge in [0.05, 0.1) is 17.4 Å². The van der Waals surface area contributed by atoms with E-state index in [1.165, 1.54) is 16.7 Å². The minimum absolute atomic E-state index is 0.225. The largest absolute Gasteiger partial charge is 0.459 e. The van der Waals surface area contributed by atoms with Gasteiger partial charge in [-0.3, -0.25) is 9.59 Å². The van der Waals surface area contributed by atoms with Gasteiger partial charge in [0.2, 0.25) is 0 Å². The van der Waals surface area contributed by atoms with Crippen LogP contribution >= 0.6 is 11.8 Å². The summed E-state index contributed by atoms with van der Waals surface area (Å²) >= 11 is 1.33. The third kappa shape index (κ3) is 4.43. The molecule has 0 aromatic heterocycles. The first kappa shape index (κ1) is 22.1.